The molecule has 0 aliphatic heterocycles. The van der Waals surface area contributed by atoms with E-state index in [1.807, 2.05) is 0 Å². The first-order valence-corrected chi connectivity index (χ1v) is 3.06. The van der Waals surface area contributed by atoms with Gasteiger partial charge in [0.2, 0.25) is 0 Å². The summed E-state index contributed by atoms with van der Waals surface area (Å²) >= 11 is 0. The van der Waals surface area contributed by atoms with E-state index in [0.29, 0.717) is 0 Å². The lowest BCUT2D eigenvalue weighted by Crippen LogP contribution is -2.39. The van der Waals surface area contributed by atoms with Gasteiger partial charge in [0.25, 0.3) is 10.2 Å². The Morgan fingerprint density at radius 3 is 1.88 bits per heavy atom. The Bertz CT molecular complexity index is 181. The number of rotatable bonds is 1. The number of hydrogen-bond acceptors (Lipinski definition) is 3. The smallest absolute Gasteiger partial charge is 0.326 e. The number of carbonyl (C=O) groups is 1. The van der Waals surface area contributed by atoms with Crippen LogP contribution in [0.1, 0.15) is 0 Å². The summed E-state index contributed by atoms with van der Waals surface area (Å²) < 4.78 is 20.9. The zero-order chi connectivity index (χ0) is 6.78. The molecule has 0 saturated heterocycles. The highest BCUT2D eigenvalue weighted by Gasteiger charge is 2.01. The maximum Gasteiger partial charge on any atom is 0.326 e. The number of nitrogens with one attached hydrogen (secondary N) is 1. The number of amides is 2. The molecule has 6 nitrogen and oxygen atoms in total. The highest BCUT2D eigenvalue weighted by Crippen LogP contribution is 1.62. The number of hydrogen-bond donors (Lipinski definition) is 3. The number of nitrogens with two attached hydrogens (primary N) is 2. The fourth-order valence-corrected chi connectivity index (χ4v) is 0.421. The molecule has 0 rings (SSSR count). The second-order valence-electron chi connectivity index (χ2n) is 1.01. The molecular formula is CH5N3O3S. The molecule has 0 saturated carbocycles. The first kappa shape index (κ1) is 7.18. The Morgan fingerprint density at radius 2 is 1.88 bits per heavy atom. The first-order valence-electron chi connectivity index (χ1n) is 1.52. The van der Waals surface area contributed by atoms with Gasteiger partial charge in [0.15, 0.2) is 0 Å². The fraction of sp³-hybridized carbons (Fsp3) is 0. The van der Waals surface area contributed by atoms with Gasteiger partial charge in [-0.1, -0.05) is 0 Å². The topological polar surface area (TPSA) is 115 Å². The predicted octanol–water partition coefficient (Wildman–Crippen LogP) is -2.14. The van der Waals surface area contributed by atoms with Crippen LogP contribution in [0.4, 0.5) is 4.79 Å². The van der Waals surface area contributed by atoms with Crippen molar-refractivity contribution >= 4 is 16.2 Å². The molecule has 2 amide bonds. The molecule has 7 heteroatoms. The number of primary amides is 1. The summed E-state index contributed by atoms with van der Waals surface area (Å²) in [7, 11) is -3.95. The van der Waals surface area contributed by atoms with E-state index in [1.165, 1.54) is 4.72 Å². The Labute approximate surface area is 46.0 Å². The molecule has 0 fully saturated rings. The van der Waals surface area contributed by atoms with Gasteiger partial charge in [-0.15, -0.1) is 0 Å². The predicted molar refractivity (Wildman–Crippen MR) is 25.8 cm³/mol. The van der Waals surface area contributed by atoms with Crippen molar-refractivity contribution in [1.82, 2.24) is 4.72 Å². The van der Waals surface area contributed by atoms with E-state index in [4.69, 9.17) is 0 Å². The van der Waals surface area contributed by atoms with Crippen molar-refractivity contribution in [3.8, 4) is 0 Å². The van der Waals surface area contributed by atoms with Gasteiger partial charge in [-0.05, 0) is 0 Å². The molecule has 8 heavy (non-hydrogen) atoms. The van der Waals surface area contributed by atoms with Crippen LogP contribution in [0.25, 0.3) is 0 Å². The number of urea groups is 1. The van der Waals surface area contributed by atoms with Crippen LogP contribution in [0.3, 0.4) is 0 Å². The minimum atomic E-state index is -3.95. The van der Waals surface area contributed by atoms with Crippen molar-refractivity contribution in [1.29, 1.82) is 0 Å². The minimum Gasteiger partial charge on any atom is -0.351 e. The molecule has 0 aromatic heterocycles. The van der Waals surface area contributed by atoms with Crippen LogP contribution in [0.5, 0.6) is 0 Å². The first-order chi connectivity index (χ1) is 3.42. The quantitative estimate of drug-likeness (QED) is 0.385. The van der Waals surface area contributed by atoms with Gasteiger partial charge in [0.05, 0.1) is 0 Å². The summed E-state index contributed by atoms with van der Waals surface area (Å²) in [5, 5.41) is 4.30. The summed E-state index contributed by atoms with van der Waals surface area (Å²) in [6.45, 7) is 0. The van der Waals surface area contributed by atoms with Crippen molar-refractivity contribution in [2.45, 2.75) is 0 Å². The van der Waals surface area contributed by atoms with E-state index in [9.17, 15) is 13.2 Å². The van der Waals surface area contributed by atoms with E-state index < -0.39 is 16.2 Å². The van der Waals surface area contributed by atoms with Gasteiger partial charge in [-0.2, -0.15) is 8.42 Å². The Kier molecular flexibility index (Phi) is 1.77. The van der Waals surface area contributed by atoms with E-state index in [0.717, 1.165) is 0 Å². The second kappa shape index (κ2) is 1.97. The third-order valence-corrected chi connectivity index (χ3v) is 0.729. The zero-order valence-electron chi connectivity index (χ0n) is 3.79. The van der Waals surface area contributed by atoms with E-state index in [2.05, 4.69) is 10.9 Å². The highest BCUT2D eigenvalue weighted by atomic mass is 32.2. The molecular weight excluding hydrogens is 134 g/mol. The maximum atomic E-state index is 9.81. The van der Waals surface area contributed by atoms with E-state index >= 15 is 0 Å². The molecule has 0 heterocycles. The third-order valence-electron chi connectivity index (χ3n) is 0.243. The van der Waals surface area contributed by atoms with Gasteiger partial charge in [-0.3, -0.25) is 0 Å². The van der Waals surface area contributed by atoms with Crippen molar-refractivity contribution in [2.75, 3.05) is 0 Å². The van der Waals surface area contributed by atoms with Crippen molar-refractivity contribution in [2.24, 2.45) is 10.9 Å². The van der Waals surface area contributed by atoms with Crippen LogP contribution in [-0.2, 0) is 10.2 Å². The molecule has 0 radical (unpaired) electrons. The van der Waals surface area contributed by atoms with Gasteiger partial charge >= 0.3 is 6.03 Å². The van der Waals surface area contributed by atoms with E-state index in [-0.39, 0.29) is 0 Å². The molecule has 0 unspecified atom stereocenters. The molecule has 0 bridgehead atoms. The molecule has 0 aliphatic carbocycles. The molecule has 5 N–H and O–H groups in total. The third kappa shape index (κ3) is 5.18. The van der Waals surface area contributed by atoms with Gasteiger partial charge in [0.1, 0.15) is 0 Å². The summed E-state index contributed by atoms with van der Waals surface area (Å²) in [4.78, 5) is 9.67. The standard InChI is InChI=1S/CH5N3O3S/c2-1(5)4-8(3,6)7/h(H3,2,4,5)(H2,3,6,7). The van der Waals surface area contributed by atoms with Gasteiger partial charge in [-0.25, -0.2) is 14.7 Å². The number of carbonyl (C=O) groups excluding carboxylic acids is 1. The average Bonchev–Trinajstić information content (AvgIpc) is 1.21. The zero-order valence-corrected chi connectivity index (χ0v) is 4.60. The lowest BCUT2D eigenvalue weighted by Gasteiger charge is -1.92. The maximum absolute atomic E-state index is 9.81. The SMILES string of the molecule is NC(=O)NS(N)(=O)=O. The normalized spacial score (nSPS) is 10.6. The molecule has 0 spiro atoms. The lowest BCUT2D eigenvalue weighted by molar-refractivity contribution is 0.253. The van der Waals surface area contributed by atoms with E-state index in [1.54, 1.807) is 0 Å². The molecule has 48 valence electrons. The Balaban J connectivity index is 3.95. The van der Waals surface area contributed by atoms with Crippen molar-refractivity contribution < 1.29 is 13.2 Å². The summed E-state index contributed by atoms with van der Waals surface area (Å²) in [6.07, 6.45) is 0. The van der Waals surface area contributed by atoms with Crippen LogP contribution >= 0.6 is 0 Å². The molecule has 0 aromatic carbocycles. The van der Waals surface area contributed by atoms with Crippen LogP contribution in [0, 0.1) is 0 Å². The van der Waals surface area contributed by atoms with Gasteiger partial charge in [0, 0.05) is 0 Å². The lowest BCUT2D eigenvalue weighted by atomic mass is 11.2. The van der Waals surface area contributed by atoms with Crippen LogP contribution < -0.4 is 15.6 Å². The minimum absolute atomic E-state index is 1.19. The van der Waals surface area contributed by atoms with Gasteiger partial charge < -0.3 is 5.73 Å². The monoisotopic (exact) mass is 139 g/mol. The Morgan fingerprint density at radius 1 is 1.50 bits per heavy atom. The second-order valence-corrected chi connectivity index (χ2v) is 2.31. The summed E-state index contributed by atoms with van der Waals surface area (Å²) in [5.74, 6) is 0. The fourth-order valence-electron chi connectivity index (χ4n) is 0.140. The van der Waals surface area contributed by atoms with Crippen molar-refractivity contribution in [3.05, 3.63) is 0 Å². The summed E-state index contributed by atoms with van der Waals surface area (Å²) in [6, 6.07) is -1.19. The highest BCUT2D eigenvalue weighted by molar-refractivity contribution is 7.87. The summed E-state index contributed by atoms with van der Waals surface area (Å²) in [5.41, 5.74) is 4.37. The van der Waals surface area contributed by atoms with Crippen LogP contribution in [-0.4, -0.2) is 14.4 Å². The largest absolute Gasteiger partial charge is 0.351 e. The Hall–Kier alpha value is -0.820. The van der Waals surface area contributed by atoms with Crippen LogP contribution in [0.15, 0.2) is 0 Å². The molecule has 0 aromatic rings. The van der Waals surface area contributed by atoms with Crippen molar-refractivity contribution in [3.63, 3.8) is 0 Å². The molecule has 0 atom stereocenters. The molecule has 0 aliphatic rings. The van der Waals surface area contributed by atoms with Crippen LogP contribution in [0.2, 0.25) is 0 Å². The average molecular weight is 139 g/mol.